The Balaban J connectivity index is 1.52. The molecule has 2 aromatic rings. The molecule has 7 nitrogen and oxygen atoms in total. The number of esters is 1. The van der Waals surface area contributed by atoms with Gasteiger partial charge in [0.15, 0.2) is 5.75 Å². The second-order valence-electron chi connectivity index (χ2n) is 7.86. The largest absolute Gasteiger partial charge is 0.465 e. The molecule has 0 aromatic heterocycles. The molecule has 0 saturated carbocycles. The van der Waals surface area contributed by atoms with Crippen molar-refractivity contribution in [3.05, 3.63) is 64.7 Å². The van der Waals surface area contributed by atoms with Crippen LogP contribution in [0.1, 0.15) is 36.4 Å². The molecule has 8 heteroatoms. The van der Waals surface area contributed by atoms with Crippen molar-refractivity contribution in [3.8, 4) is 5.75 Å². The number of nitrogens with zero attached hydrogens (tertiary/aromatic N) is 1. The monoisotopic (exact) mass is 458 g/mol. The first-order valence-corrected chi connectivity index (χ1v) is 11.3. The van der Waals surface area contributed by atoms with Crippen LogP contribution in [0.2, 0.25) is 5.02 Å². The topological polar surface area (TPSA) is 77.1 Å². The highest BCUT2D eigenvalue weighted by Crippen LogP contribution is 2.40. The molecule has 3 unspecified atom stereocenters. The number of amides is 1. The molecule has 0 bridgehead atoms. The molecule has 0 radical (unpaired) electrons. The summed E-state index contributed by atoms with van der Waals surface area (Å²) in [5, 5.41) is 3.76. The zero-order valence-electron chi connectivity index (χ0n) is 18.0. The lowest BCUT2D eigenvalue weighted by Gasteiger charge is -2.26. The fraction of sp³-hybridized carbons (Fsp3) is 0.417. The van der Waals surface area contributed by atoms with E-state index in [1.807, 2.05) is 36.4 Å². The summed E-state index contributed by atoms with van der Waals surface area (Å²) in [7, 11) is 0. The van der Waals surface area contributed by atoms with E-state index in [2.05, 4.69) is 5.32 Å². The minimum Gasteiger partial charge on any atom is -0.465 e. The Morgan fingerprint density at radius 1 is 1.12 bits per heavy atom. The van der Waals surface area contributed by atoms with Gasteiger partial charge in [0, 0.05) is 25.0 Å². The van der Waals surface area contributed by atoms with Crippen LogP contribution in [-0.4, -0.2) is 55.9 Å². The maximum absolute atomic E-state index is 12.7. The van der Waals surface area contributed by atoms with Gasteiger partial charge >= 0.3 is 12.1 Å². The molecule has 2 aliphatic heterocycles. The van der Waals surface area contributed by atoms with Crippen LogP contribution in [0.4, 0.5) is 4.79 Å². The first kappa shape index (κ1) is 22.6. The van der Waals surface area contributed by atoms with E-state index in [4.69, 9.17) is 25.8 Å². The Labute approximate surface area is 192 Å². The normalized spacial score (nSPS) is 23.1. The maximum atomic E-state index is 12.7. The lowest BCUT2D eigenvalue weighted by molar-refractivity contribution is -0.145. The zero-order chi connectivity index (χ0) is 22.5. The smallest absolute Gasteiger partial charge is 0.415 e. The lowest BCUT2D eigenvalue weighted by atomic mass is 9.89. The minimum absolute atomic E-state index is 0.0215. The van der Waals surface area contributed by atoms with Gasteiger partial charge in [-0.05, 0) is 36.6 Å². The van der Waals surface area contributed by atoms with Gasteiger partial charge in [-0.15, -0.1) is 0 Å². The van der Waals surface area contributed by atoms with Crippen molar-refractivity contribution >= 4 is 23.7 Å². The average molecular weight is 459 g/mol. The fourth-order valence-corrected chi connectivity index (χ4v) is 4.46. The fourth-order valence-electron chi connectivity index (χ4n) is 4.24. The summed E-state index contributed by atoms with van der Waals surface area (Å²) in [6, 6.07) is 14.9. The van der Waals surface area contributed by atoms with E-state index >= 15 is 0 Å². The van der Waals surface area contributed by atoms with Crippen LogP contribution in [-0.2, 0) is 14.3 Å². The van der Waals surface area contributed by atoms with Crippen molar-refractivity contribution in [1.29, 1.82) is 0 Å². The number of benzene rings is 2. The van der Waals surface area contributed by atoms with Crippen molar-refractivity contribution in [2.45, 2.75) is 31.3 Å². The summed E-state index contributed by atoms with van der Waals surface area (Å²) in [5.41, 5.74) is 2.01. The third kappa shape index (κ3) is 5.06. The van der Waals surface area contributed by atoms with Gasteiger partial charge in [-0.25, -0.2) is 4.79 Å². The second kappa shape index (κ2) is 10.3. The van der Waals surface area contributed by atoms with Crippen molar-refractivity contribution in [2.75, 3.05) is 32.9 Å². The molecule has 32 heavy (non-hydrogen) atoms. The number of halogens is 1. The lowest BCUT2D eigenvalue weighted by Crippen LogP contribution is -2.42. The molecule has 170 valence electrons. The number of carbonyl (C=O) groups excluding carboxylic acids is 2. The number of morpholine rings is 1. The van der Waals surface area contributed by atoms with Crippen LogP contribution in [0.3, 0.4) is 0 Å². The van der Waals surface area contributed by atoms with Gasteiger partial charge < -0.3 is 19.1 Å². The van der Waals surface area contributed by atoms with E-state index in [1.165, 1.54) is 0 Å². The predicted molar refractivity (Wildman–Crippen MR) is 120 cm³/mol. The van der Waals surface area contributed by atoms with Crippen molar-refractivity contribution in [1.82, 2.24) is 10.2 Å². The molecule has 2 fully saturated rings. The number of hydrogen-bond acceptors (Lipinski definition) is 6. The molecule has 0 spiro atoms. The molecule has 1 amide bonds. The number of ether oxygens (including phenoxy) is 3. The van der Waals surface area contributed by atoms with E-state index < -0.39 is 12.1 Å². The Hall–Kier alpha value is -2.61. The number of carbonyl (C=O) groups is 2. The molecule has 0 aliphatic carbocycles. The van der Waals surface area contributed by atoms with Crippen molar-refractivity contribution < 1.29 is 23.8 Å². The van der Waals surface area contributed by atoms with Gasteiger partial charge in [0.1, 0.15) is 6.04 Å². The van der Waals surface area contributed by atoms with Crippen LogP contribution < -0.4 is 10.1 Å². The number of nitrogens with one attached hydrogen (secondary N) is 1. The van der Waals surface area contributed by atoms with Crippen LogP contribution >= 0.6 is 11.6 Å². The van der Waals surface area contributed by atoms with Crippen LogP contribution in [0.5, 0.6) is 5.75 Å². The molecular weight excluding hydrogens is 432 g/mol. The Kier molecular flexibility index (Phi) is 7.29. The van der Waals surface area contributed by atoms with Gasteiger partial charge in [0.2, 0.25) is 0 Å². The maximum Gasteiger partial charge on any atom is 0.415 e. The van der Waals surface area contributed by atoms with Gasteiger partial charge in [0.25, 0.3) is 0 Å². The molecule has 2 aromatic carbocycles. The Morgan fingerprint density at radius 2 is 1.88 bits per heavy atom. The number of hydrogen-bond donors (Lipinski definition) is 1. The third-order valence-corrected chi connectivity index (χ3v) is 6.16. The van der Waals surface area contributed by atoms with Crippen LogP contribution in [0.25, 0.3) is 0 Å². The summed E-state index contributed by atoms with van der Waals surface area (Å²) in [6.45, 7) is 4.08. The van der Waals surface area contributed by atoms with Gasteiger partial charge in [-0.1, -0.05) is 48.0 Å². The van der Waals surface area contributed by atoms with Crippen molar-refractivity contribution in [3.63, 3.8) is 0 Å². The SMILES string of the molecule is CCOC(=O)C1NC(c2ccccc2)CC1c1ccc(OC(=O)N2CCOCC2)c(Cl)c1. The molecule has 2 aliphatic rings. The third-order valence-electron chi connectivity index (χ3n) is 5.87. The van der Waals surface area contributed by atoms with E-state index in [0.717, 1.165) is 17.5 Å². The predicted octanol–water partition coefficient (Wildman–Crippen LogP) is 3.92. The molecule has 1 N–H and O–H groups in total. The molecule has 2 heterocycles. The highest BCUT2D eigenvalue weighted by molar-refractivity contribution is 6.32. The Bertz CT molecular complexity index is 949. The van der Waals surface area contributed by atoms with E-state index in [9.17, 15) is 9.59 Å². The zero-order valence-corrected chi connectivity index (χ0v) is 18.7. The first-order valence-electron chi connectivity index (χ1n) is 10.9. The van der Waals surface area contributed by atoms with E-state index in [0.29, 0.717) is 43.7 Å². The average Bonchev–Trinajstić information content (AvgIpc) is 3.27. The van der Waals surface area contributed by atoms with E-state index in [-0.39, 0.29) is 17.9 Å². The highest BCUT2D eigenvalue weighted by Gasteiger charge is 2.40. The first-order chi connectivity index (χ1) is 15.6. The summed E-state index contributed by atoms with van der Waals surface area (Å²) >= 11 is 6.48. The molecule has 2 saturated heterocycles. The summed E-state index contributed by atoms with van der Waals surface area (Å²) in [6.07, 6.45) is 0.274. The quantitative estimate of drug-likeness (QED) is 0.684. The number of rotatable bonds is 5. The second-order valence-corrected chi connectivity index (χ2v) is 8.27. The van der Waals surface area contributed by atoms with Gasteiger partial charge in [0.05, 0.1) is 24.8 Å². The van der Waals surface area contributed by atoms with Gasteiger partial charge in [-0.2, -0.15) is 0 Å². The van der Waals surface area contributed by atoms with Crippen molar-refractivity contribution in [2.24, 2.45) is 0 Å². The van der Waals surface area contributed by atoms with Crippen LogP contribution in [0.15, 0.2) is 48.5 Å². The van der Waals surface area contributed by atoms with Crippen LogP contribution in [0, 0.1) is 0 Å². The molecule has 4 rings (SSSR count). The molecule has 3 atom stereocenters. The van der Waals surface area contributed by atoms with E-state index in [1.54, 1.807) is 24.0 Å². The van der Waals surface area contributed by atoms with Gasteiger partial charge in [-0.3, -0.25) is 10.1 Å². The summed E-state index contributed by atoms with van der Waals surface area (Å²) in [4.78, 5) is 26.7. The standard InChI is InChI=1S/C24H27ClN2O5/c1-2-31-23(28)22-18(15-20(26-22)16-6-4-3-5-7-16)17-8-9-21(19(25)14-17)32-24(29)27-10-12-30-13-11-27/h3-9,14,18,20,22,26H,2,10-13,15H2,1H3. The molecular formula is C24H27ClN2O5. The summed E-state index contributed by atoms with van der Waals surface area (Å²) < 4.78 is 16.1. The minimum atomic E-state index is -0.488. The summed E-state index contributed by atoms with van der Waals surface area (Å²) in [5.74, 6) is -0.110. The highest BCUT2D eigenvalue weighted by atomic mass is 35.5. The Morgan fingerprint density at radius 3 is 2.56 bits per heavy atom.